The molecule has 5 heteroatoms. The monoisotopic (exact) mass is 259 g/mol. The fourth-order valence-corrected chi connectivity index (χ4v) is 2.82. The van der Waals surface area contributed by atoms with Crippen LogP contribution in [0.25, 0.3) is 0 Å². The first-order valence-electron chi connectivity index (χ1n) is 4.24. The summed E-state index contributed by atoms with van der Waals surface area (Å²) in [7, 11) is 0. The normalized spacial score (nSPS) is 10.5. The van der Waals surface area contributed by atoms with Crippen molar-refractivity contribution in [1.29, 1.82) is 0 Å². The Bertz CT molecular complexity index is 489. The number of aldehydes is 1. The summed E-state index contributed by atoms with van der Waals surface area (Å²) in [4.78, 5) is 10.7. The second-order valence-corrected chi connectivity index (χ2v) is 5.31. The van der Waals surface area contributed by atoms with Crippen LogP contribution in [0, 0.1) is 0 Å². The van der Waals surface area contributed by atoms with Crippen LogP contribution in [-0.4, -0.2) is 10.9 Å². The van der Waals surface area contributed by atoms with E-state index in [1.807, 2.05) is 22.9 Å². The molecule has 2 aromatic rings. The molecule has 0 spiro atoms. The van der Waals surface area contributed by atoms with Crippen molar-refractivity contribution < 1.29 is 4.79 Å². The van der Waals surface area contributed by atoms with Crippen molar-refractivity contribution in [2.75, 3.05) is 0 Å². The van der Waals surface area contributed by atoms with Crippen molar-refractivity contribution in [3.63, 3.8) is 0 Å². The van der Waals surface area contributed by atoms with Crippen molar-refractivity contribution in [3.05, 3.63) is 44.3 Å². The first kappa shape index (κ1) is 10.7. The molecule has 0 N–H and O–H groups in total. The maximum Gasteiger partial charge on any atom is 0.166 e. The molecule has 2 aromatic heterocycles. The summed E-state index contributed by atoms with van der Waals surface area (Å²) in [5, 5.41) is 0. The van der Waals surface area contributed by atoms with Gasteiger partial charge in [0.2, 0.25) is 0 Å². The molecule has 15 heavy (non-hydrogen) atoms. The molecule has 78 valence electrons. The second kappa shape index (κ2) is 4.39. The molecule has 0 aliphatic rings. The standard InChI is InChI=1S/C10H7Cl2NOS/c11-9-4-7(10(12)15-9)5-13-3-1-2-8(13)6-14/h1-4,6H,5H2. The van der Waals surface area contributed by atoms with E-state index in [9.17, 15) is 4.79 Å². The molecular formula is C10H7Cl2NOS. The highest BCUT2D eigenvalue weighted by atomic mass is 35.5. The van der Waals surface area contributed by atoms with Gasteiger partial charge in [0.1, 0.15) is 0 Å². The van der Waals surface area contributed by atoms with Crippen molar-refractivity contribution in [3.8, 4) is 0 Å². The quantitative estimate of drug-likeness (QED) is 0.771. The highest BCUT2D eigenvalue weighted by Crippen LogP contribution is 2.31. The van der Waals surface area contributed by atoms with E-state index in [1.165, 1.54) is 11.3 Å². The Hall–Kier alpha value is -0.770. The molecule has 0 aliphatic heterocycles. The van der Waals surface area contributed by atoms with E-state index >= 15 is 0 Å². The van der Waals surface area contributed by atoms with E-state index in [4.69, 9.17) is 23.2 Å². The zero-order valence-electron chi connectivity index (χ0n) is 7.61. The Morgan fingerprint density at radius 1 is 1.47 bits per heavy atom. The number of carbonyl (C=O) groups excluding carboxylic acids is 1. The molecule has 0 saturated carbocycles. The van der Waals surface area contributed by atoms with Gasteiger partial charge in [0.25, 0.3) is 0 Å². The summed E-state index contributed by atoms with van der Waals surface area (Å²) in [6.07, 6.45) is 2.66. The number of aromatic nitrogens is 1. The molecule has 2 rings (SSSR count). The largest absolute Gasteiger partial charge is 0.341 e. The molecule has 0 unspecified atom stereocenters. The van der Waals surface area contributed by atoms with Gasteiger partial charge in [-0.2, -0.15) is 0 Å². The summed E-state index contributed by atoms with van der Waals surface area (Å²) in [5.41, 5.74) is 1.57. The predicted octanol–water partition coefficient (Wildman–Crippen LogP) is 3.72. The van der Waals surface area contributed by atoms with Gasteiger partial charge in [0.05, 0.1) is 20.9 Å². The minimum atomic E-state index is 0.573. The number of nitrogens with zero attached hydrogens (tertiary/aromatic N) is 1. The Morgan fingerprint density at radius 3 is 2.87 bits per heavy atom. The lowest BCUT2D eigenvalue weighted by atomic mass is 10.3. The van der Waals surface area contributed by atoms with Crippen LogP contribution in [0.1, 0.15) is 16.1 Å². The summed E-state index contributed by atoms with van der Waals surface area (Å²) in [5.74, 6) is 0. The third-order valence-corrected chi connectivity index (χ3v) is 3.62. The minimum absolute atomic E-state index is 0.573. The third-order valence-electron chi connectivity index (χ3n) is 2.05. The van der Waals surface area contributed by atoms with Gasteiger partial charge in [0.15, 0.2) is 6.29 Å². The number of hydrogen-bond donors (Lipinski definition) is 0. The van der Waals surface area contributed by atoms with Gasteiger partial charge in [-0.3, -0.25) is 4.79 Å². The van der Waals surface area contributed by atoms with Gasteiger partial charge < -0.3 is 4.57 Å². The molecule has 2 heterocycles. The average Bonchev–Trinajstić information content (AvgIpc) is 2.74. The van der Waals surface area contributed by atoms with Gasteiger partial charge in [-0.05, 0) is 18.2 Å². The van der Waals surface area contributed by atoms with Crippen LogP contribution >= 0.6 is 34.5 Å². The molecule has 0 atom stereocenters. The summed E-state index contributed by atoms with van der Waals surface area (Å²) in [6, 6.07) is 5.41. The number of halogens is 2. The fourth-order valence-electron chi connectivity index (χ4n) is 1.34. The second-order valence-electron chi connectivity index (χ2n) is 3.03. The van der Waals surface area contributed by atoms with Crippen LogP contribution in [0.2, 0.25) is 8.67 Å². The van der Waals surface area contributed by atoms with E-state index in [0.29, 0.717) is 20.9 Å². The minimum Gasteiger partial charge on any atom is -0.341 e. The van der Waals surface area contributed by atoms with Gasteiger partial charge in [-0.15, -0.1) is 11.3 Å². The Labute approximate surface area is 101 Å². The smallest absolute Gasteiger partial charge is 0.166 e. The summed E-state index contributed by atoms with van der Waals surface area (Å²) in [6.45, 7) is 0.573. The SMILES string of the molecule is O=Cc1cccn1Cc1cc(Cl)sc1Cl. The first-order chi connectivity index (χ1) is 7.20. The molecule has 0 radical (unpaired) electrons. The zero-order chi connectivity index (χ0) is 10.8. The number of carbonyl (C=O) groups is 1. The van der Waals surface area contributed by atoms with Crippen LogP contribution < -0.4 is 0 Å². The molecule has 0 bridgehead atoms. The topological polar surface area (TPSA) is 22.0 Å². The van der Waals surface area contributed by atoms with E-state index in [1.54, 1.807) is 6.07 Å². The van der Waals surface area contributed by atoms with Gasteiger partial charge in [0, 0.05) is 11.8 Å². The average molecular weight is 260 g/mol. The maximum atomic E-state index is 10.7. The lowest BCUT2D eigenvalue weighted by molar-refractivity contribution is 0.111. The summed E-state index contributed by atoms with van der Waals surface area (Å²) < 4.78 is 3.16. The molecule has 0 aliphatic carbocycles. The number of hydrogen-bond acceptors (Lipinski definition) is 2. The third kappa shape index (κ3) is 2.25. The highest BCUT2D eigenvalue weighted by Gasteiger charge is 2.07. The van der Waals surface area contributed by atoms with Crippen LogP contribution in [-0.2, 0) is 6.54 Å². The number of rotatable bonds is 3. The van der Waals surface area contributed by atoms with Crippen LogP contribution in [0.4, 0.5) is 0 Å². The Balaban J connectivity index is 2.29. The zero-order valence-corrected chi connectivity index (χ0v) is 9.94. The first-order valence-corrected chi connectivity index (χ1v) is 5.82. The fraction of sp³-hybridized carbons (Fsp3) is 0.100. The predicted molar refractivity (Wildman–Crippen MR) is 63.3 cm³/mol. The van der Waals surface area contributed by atoms with Crippen LogP contribution in [0.5, 0.6) is 0 Å². The summed E-state index contributed by atoms with van der Waals surface area (Å²) >= 11 is 13.2. The molecule has 0 aromatic carbocycles. The van der Waals surface area contributed by atoms with Crippen LogP contribution in [0.3, 0.4) is 0 Å². The van der Waals surface area contributed by atoms with Gasteiger partial charge >= 0.3 is 0 Å². The number of thiophene rings is 1. The van der Waals surface area contributed by atoms with Crippen molar-refractivity contribution in [2.24, 2.45) is 0 Å². The maximum absolute atomic E-state index is 10.7. The van der Waals surface area contributed by atoms with Gasteiger partial charge in [-0.1, -0.05) is 23.2 Å². The van der Waals surface area contributed by atoms with E-state index in [-0.39, 0.29) is 0 Å². The van der Waals surface area contributed by atoms with E-state index in [0.717, 1.165) is 11.8 Å². The Morgan fingerprint density at radius 2 is 2.27 bits per heavy atom. The lowest BCUT2D eigenvalue weighted by Gasteiger charge is -2.03. The van der Waals surface area contributed by atoms with Crippen LogP contribution in [0.15, 0.2) is 24.4 Å². The molecular weight excluding hydrogens is 253 g/mol. The molecule has 0 amide bonds. The molecule has 0 saturated heterocycles. The van der Waals surface area contributed by atoms with Crippen molar-refractivity contribution in [2.45, 2.75) is 6.54 Å². The highest BCUT2D eigenvalue weighted by molar-refractivity contribution is 7.20. The molecule has 0 fully saturated rings. The van der Waals surface area contributed by atoms with Crippen molar-refractivity contribution >= 4 is 40.8 Å². The van der Waals surface area contributed by atoms with E-state index in [2.05, 4.69) is 0 Å². The Kier molecular flexibility index (Phi) is 3.14. The molecule has 2 nitrogen and oxygen atoms in total. The van der Waals surface area contributed by atoms with Gasteiger partial charge in [-0.25, -0.2) is 0 Å². The lowest BCUT2D eigenvalue weighted by Crippen LogP contribution is -2.01. The van der Waals surface area contributed by atoms with Crippen molar-refractivity contribution in [1.82, 2.24) is 4.57 Å². The van der Waals surface area contributed by atoms with E-state index < -0.39 is 0 Å².